The van der Waals surface area contributed by atoms with E-state index in [0.29, 0.717) is 12.2 Å². The third-order valence-electron chi connectivity index (χ3n) is 4.81. The smallest absolute Gasteiger partial charge is 0.276 e. The first kappa shape index (κ1) is 18.8. The highest BCUT2D eigenvalue weighted by Crippen LogP contribution is 2.19. The van der Waals surface area contributed by atoms with E-state index in [1.807, 2.05) is 36.4 Å². The van der Waals surface area contributed by atoms with Gasteiger partial charge in [0.1, 0.15) is 18.6 Å². The van der Waals surface area contributed by atoms with Gasteiger partial charge in [-0.05, 0) is 42.9 Å². The molecule has 8 nitrogen and oxygen atoms in total. The molecule has 29 heavy (non-hydrogen) atoms. The molecule has 1 aromatic carbocycles. The third kappa shape index (κ3) is 4.84. The van der Waals surface area contributed by atoms with Crippen molar-refractivity contribution in [2.75, 3.05) is 5.32 Å². The number of carbonyl (C=O) groups is 2. The molecule has 2 amide bonds. The van der Waals surface area contributed by atoms with Crippen LogP contribution < -0.4 is 10.6 Å². The molecule has 0 unspecified atom stereocenters. The number of hydrogen-bond donors (Lipinski definition) is 2. The van der Waals surface area contributed by atoms with E-state index < -0.39 is 0 Å². The van der Waals surface area contributed by atoms with Crippen LogP contribution in [0.1, 0.15) is 40.2 Å². The van der Waals surface area contributed by atoms with Gasteiger partial charge < -0.3 is 5.32 Å². The number of fused-ring (bicyclic) bond motifs is 1. The molecule has 3 aromatic rings. The van der Waals surface area contributed by atoms with E-state index in [1.54, 1.807) is 6.07 Å². The highest BCUT2D eigenvalue weighted by molar-refractivity contribution is 6.01. The Bertz CT molecular complexity index is 1020. The summed E-state index contributed by atoms with van der Waals surface area (Å²) >= 11 is 0. The Hall–Kier alpha value is -3.55. The Morgan fingerprint density at radius 1 is 1.03 bits per heavy atom. The first-order valence-corrected chi connectivity index (χ1v) is 9.67. The van der Waals surface area contributed by atoms with Gasteiger partial charge in [-0.25, -0.2) is 14.6 Å². The van der Waals surface area contributed by atoms with E-state index in [1.165, 1.54) is 23.0 Å². The van der Waals surface area contributed by atoms with E-state index in [0.717, 1.165) is 30.5 Å². The fourth-order valence-electron chi connectivity index (χ4n) is 3.30. The molecular weight excluding hydrogens is 368 g/mol. The molecule has 2 heterocycles. The molecular formula is C21H22N6O2. The number of benzene rings is 1. The number of hydrogen-bond acceptors (Lipinski definition) is 5. The highest BCUT2D eigenvalue weighted by Gasteiger charge is 2.16. The first-order chi connectivity index (χ1) is 14.2. The van der Waals surface area contributed by atoms with Gasteiger partial charge in [-0.2, -0.15) is 0 Å². The summed E-state index contributed by atoms with van der Waals surface area (Å²) in [6, 6.07) is 13.4. The second-order valence-electron chi connectivity index (χ2n) is 6.99. The Labute approximate surface area is 168 Å². The van der Waals surface area contributed by atoms with Crippen molar-refractivity contribution >= 4 is 17.8 Å². The third-order valence-corrected chi connectivity index (χ3v) is 4.81. The van der Waals surface area contributed by atoms with Crippen LogP contribution in [0.3, 0.4) is 0 Å². The second-order valence-corrected chi connectivity index (χ2v) is 6.99. The Morgan fingerprint density at radius 2 is 1.86 bits per heavy atom. The lowest BCUT2D eigenvalue weighted by molar-refractivity contribution is -0.122. The summed E-state index contributed by atoms with van der Waals surface area (Å²) < 4.78 is 1.39. The summed E-state index contributed by atoms with van der Waals surface area (Å²) in [4.78, 5) is 33.1. The van der Waals surface area contributed by atoms with Crippen molar-refractivity contribution in [2.45, 2.75) is 38.8 Å². The van der Waals surface area contributed by atoms with Crippen LogP contribution in [0, 0.1) is 0 Å². The van der Waals surface area contributed by atoms with Crippen LogP contribution in [-0.2, 0) is 30.7 Å². The molecule has 148 valence electrons. The van der Waals surface area contributed by atoms with Gasteiger partial charge >= 0.3 is 0 Å². The quantitative estimate of drug-likeness (QED) is 0.671. The van der Waals surface area contributed by atoms with E-state index in [2.05, 4.69) is 25.7 Å². The molecule has 0 fully saturated rings. The Balaban J connectivity index is 1.32. The molecule has 2 N–H and O–H groups in total. The molecule has 0 radical (unpaired) electrons. The number of nitrogens with zero attached hydrogens (tertiary/aromatic N) is 4. The molecule has 1 aliphatic carbocycles. The fourth-order valence-corrected chi connectivity index (χ4v) is 3.30. The maximum Gasteiger partial charge on any atom is 0.276 e. The van der Waals surface area contributed by atoms with Crippen molar-refractivity contribution in [3.63, 3.8) is 0 Å². The normalized spacial score (nSPS) is 12.8. The Kier molecular flexibility index (Phi) is 5.60. The largest absolute Gasteiger partial charge is 0.350 e. The molecule has 0 atom stereocenters. The minimum absolute atomic E-state index is 0.0206. The van der Waals surface area contributed by atoms with Gasteiger partial charge in [0.05, 0.1) is 0 Å². The van der Waals surface area contributed by atoms with E-state index in [4.69, 9.17) is 0 Å². The summed E-state index contributed by atoms with van der Waals surface area (Å²) in [6.45, 7) is 0.467. The van der Waals surface area contributed by atoms with Crippen molar-refractivity contribution in [2.24, 2.45) is 0 Å². The molecule has 0 aliphatic heterocycles. The number of rotatable bonds is 6. The van der Waals surface area contributed by atoms with Crippen molar-refractivity contribution in [3.8, 4) is 0 Å². The van der Waals surface area contributed by atoms with Gasteiger partial charge in [-0.15, -0.1) is 5.10 Å². The summed E-state index contributed by atoms with van der Waals surface area (Å²) in [6.07, 6.45) is 5.60. The highest BCUT2D eigenvalue weighted by atomic mass is 16.2. The molecule has 0 saturated heterocycles. The number of nitrogens with one attached hydrogen (secondary N) is 2. The number of aryl methyl sites for hydroxylation is 2. The van der Waals surface area contributed by atoms with Crippen molar-refractivity contribution in [3.05, 3.63) is 71.3 Å². The van der Waals surface area contributed by atoms with Crippen molar-refractivity contribution < 1.29 is 9.59 Å². The lowest BCUT2D eigenvalue weighted by atomic mass is 9.96. The first-order valence-electron chi connectivity index (χ1n) is 9.67. The topological polar surface area (TPSA) is 102 Å². The van der Waals surface area contributed by atoms with Gasteiger partial charge in [-0.1, -0.05) is 36.4 Å². The molecule has 0 saturated carbocycles. The minimum Gasteiger partial charge on any atom is -0.350 e. The van der Waals surface area contributed by atoms with Crippen LogP contribution in [0.15, 0.2) is 48.8 Å². The van der Waals surface area contributed by atoms with Crippen LogP contribution in [0.25, 0.3) is 0 Å². The number of carbonyl (C=O) groups excluding carboxylic acids is 2. The van der Waals surface area contributed by atoms with Crippen LogP contribution in [0.4, 0.5) is 5.95 Å². The lowest BCUT2D eigenvalue weighted by Crippen LogP contribution is -2.27. The predicted octanol–water partition coefficient (Wildman–Crippen LogP) is 2.12. The van der Waals surface area contributed by atoms with E-state index in [-0.39, 0.29) is 24.3 Å². The molecule has 0 bridgehead atoms. The number of amides is 2. The van der Waals surface area contributed by atoms with Gasteiger partial charge in [0.25, 0.3) is 5.91 Å². The van der Waals surface area contributed by atoms with E-state index in [9.17, 15) is 9.59 Å². The van der Waals surface area contributed by atoms with Crippen LogP contribution >= 0.6 is 0 Å². The van der Waals surface area contributed by atoms with E-state index >= 15 is 0 Å². The van der Waals surface area contributed by atoms with Crippen LogP contribution in [0.2, 0.25) is 0 Å². The molecule has 4 rings (SSSR count). The zero-order valence-electron chi connectivity index (χ0n) is 16.0. The van der Waals surface area contributed by atoms with Crippen LogP contribution in [-0.4, -0.2) is 31.6 Å². The lowest BCUT2D eigenvalue weighted by Gasteiger charge is -2.14. The summed E-state index contributed by atoms with van der Waals surface area (Å²) in [5.41, 5.74) is 3.58. The number of pyridine rings is 1. The average Bonchev–Trinajstić information content (AvgIpc) is 3.19. The number of anilines is 1. The van der Waals surface area contributed by atoms with Crippen molar-refractivity contribution in [1.82, 2.24) is 25.1 Å². The van der Waals surface area contributed by atoms with Gasteiger partial charge in [0.2, 0.25) is 11.9 Å². The second kappa shape index (κ2) is 8.64. The maximum atomic E-state index is 12.4. The SMILES string of the molecule is O=C(Cn1cnc(NC(=O)c2ccc3c(n2)CCCC3)n1)NCc1ccccc1. The predicted molar refractivity (Wildman–Crippen MR) is 107 cm³/mol. The zero-order chi connectivity index (χ0) is 20.1. The monoisotopic (exact) mass is 390 g/mol. The molecule has 2 aromatic heterocycles. The van der Waals surface area contributed by atoms with Gasteiger partial charge in [0.15, 0.2) is 0 Å². The van der Waals surface area contributed by atoms with Gasteiger partial charge in [0, 0.05) is 12.2 Å². The van der Waals surface area contributed by atoms with Gasteiger partial charge in [-0.3, -0.25) is 14.9 Å². The summed E-state index contributed by atoms with van der Waals surface area (Å²) in [5.74, 6) is -0.400. The zero-order valence-corrected chi connectivity index (χ0v) is 16.0. The summed E-state index contributed by atoms with van der Waals surface area (Å²) in [7, 11) is 0. The standard InChI is InChI=1S/C21H22N6O2/c28-19(22-12-15-6-2-1-3-7-15)13-27-14-23-21(26-27)25-20(29)18-11-10-16-8-4-5-9-17(16)24-18/h1-3,6-7,10-11,14H,4-5,8-9,12-13H2,(H,22,28)(H,25,26,29). The minimum atomic E-state index is -0.357. The Morgan fingerprint density at radius 3 is 2.72 bits per heavy atom. The summed E-state index contributed by atoms with van der Waals surface area (Å²) in [5, 5.41) is 9.61. The maximum absolute atomic E-state index is 12.4. The van der Waals surface area contributed by atoms with Crippen LogP contribution in [0.5, 0.6) is 0 Å². The molecule has 0 spiro atoms. The molecule has 8 heteroatoms. The number of aromatic nitrogens is 4. The average molecular weight is 390 g/mol. The molecule has 1 aliphatic rings. The van der Waals surface area contributed by atoms with Crippen molar-refractivity contribution in [1.29, 1.82) is 0 Å². The fraction of sp³-hybridized carbons (Fsp3) is 0.286.